The lowest BCUT2D eigenvalue weighted by atomic mass is 9.96. The quantitative estimate of drug-likeness (QED) is 0.607. The standard InChI is InChI=1S/C25H29N3O5S/c1-27(21-5-3-2-4-6-21)34(32,33)22-13-9-19(10-14-22)25(31)26-20-11-7-18(8-12-20)17-28-23(29)15-16-24(28)30/h7-14,21H,2-6,15-17H2,1H3,(H,26,31). The molecule has 4 rings (SSSR count). The van der Waals surface area contributed by atoms with Crippen LogP contribution in [0.25, 0.3) is 0 Å². The van der Waals surface area contributed by atoms with E-state index in [-0.39, 0.29) is 48.0 Å². The summed E-state index contributed by atoms with van der Waals surface area (Å²) in [5.41, 5.74) is 1.69. The number of imide groups is 1. The number of anilines is 1. The number of benzene rings is 2. The summed E-state index contributed by atoms with van der Waals surface area (Å²) in [5, 5.41) is 2.78. The predicted octanol–water partition coefficient (Wildman–Crippen LogP) is 3.54. The Labute approximate surface area is 200 Å². The molecular formula is C25H29N3O5S. The van der Waals surface area contributed by atoms with Crippen LogP contribution in [0.15, 0.2) is 53.4 Å². The SMILES string of the molecule is CN(C1CCCCC1)S(=O)(=O)c1ccc(C(=O)Nc2ccc(CN3C(=O)CCC3=O)cc2)cc1. The summed E-state index contributed by atoms with van der Waals surface area (Å²) in [7, 11) is -1.98. The van der Waals surface area contributed by atoms with Crippen LogP contribution < -0.4 is 5.32 Å². The summed E-state index contributed by atoms with van der Waals surface area (Å²) in [5.74, 6) is -0.696. The van der Waals surface area contributed by atoms with Crippen molar-refractivity contribution in [2.75, 3.05) is 12.4 Å². The van der Waals surface area contributed by atoms with Gasteiger partial charge in [-0.15, -0.1) is 0 Å². The number of nitrogens with zero attached hydrogens (tertiary/aromatic N) is 2. The molecule has 1 N–H and O–H groups in total. The van der Waals surface area contributed by atoms with Crippen LogP contribution in [-0.2, 0) is 26.2 Å². The number of likely N-dealkylation sites (tertiary alicyclic amines) is 1. The van der Waals surface area contributed by atoms with E-state index in [9.17, 15) is 22.8 Å². The van der Waals surface area contributed by atoms with Gasteiger partial charge in [-0.2, -0.15) is 4.31 Å². The molecule has 180 valence electrons. The molecule has 0 radical (unpaired) electrons. The molecule has 9 heteroatoms. The number of amides is 3. The summed E-state index contributed by atoms with van der Waals surface area (Å²) < 4.78 is 27.4. The molecular weight excluding hydrogens is 454 g/mol. The lowest BCUT2D eigenvalue weighted by Crippen LogP contribution is -2.38. The van der Waals surface area contributed by atoms with Crippen molar-refractivity contribution in [1.29, 1.82) is 0 Å². The van der Waals surface area contributed by atoms with Gasteiger partial charge in [0.25, 0.3) is 5.91 Å². The smallest absolute Gasteiger partial charge is 0.255 e. The molecule has 0 unspecified atom stereocenters. The van der Waals surface area contributed by atoms with Crippen LogP contribution in [0.1, 0.15) is 60.9 Å². The Morgan fingerprint density at radius 1 is 0.941 bits per heavy atom. The summed E-state index contributed by atoms with van der Waals surface area (Å²) in [4.78, 5) is 37.6. The summed E-state index contributed by atoms with van der Waals surface area (Å²) in [6, 6.07) is 12.9. The maximum Gasteiger partial charge on any atom is 0.255 e. The molecule has 0 spiro atoms. The van der Waals surface area contributed by atoms with Gasteiger partial charge >= 0.3 is 0 Å². The molecule has 0 aromatic heterocycles. The molecule has 2 fully saturated rings. The van der Waals surface area contributed by atoms with Crippen molar-refractivity contribution in [3.8, 4) is 0 Å². The number of rotatable bonds is 7. The fourth-order valence-electron chi connectivity index (χ4n) is 4.46. The molecule has 1 aliphatic carbocycles. The van der Waals surface area contributed by atoms with Gasteiger partial charge in [0.15, 0.2) is 0 Å². The first-order chi connectivity index (χ1) is 16.3. The van der Waals surface area contributed by atoms with E-state index in [2.05, 4.69) is 5.32 Å². The third-order valence-electron chi connectivity index (χ3n) is 6.59. The molecule has 1 aliphatic heterocycles. The highest BCUT2D eigenvalue weighted by Gasteiger charge is 2.30. The Morgan fingerprint density at radius 3 is 2.12 bits per heavy atom. The number of nitrogens with one attached hydrogen (secondary N) is 1. The van der Waals surface area contributed by atoms with Gasteiger partial charge in [0, 0.05) is 37.2 Å². The minimum atomic E-state index is -3.61. The Bertz CT molecular complexity index is 1150. The lowest BCUT2D eigenvalue weighted by molar-refractivity contribution is -0.139. The van der Waals surface area contributed by atoms with Gasteiger partial charge in [0.05, 0.1) is 11.4 Å². The fourth-order valence-corrected chi connectivity index (χ4v) is 5.88. The number of carbonyl (C=O) groups is 3. The van der Waals surface area contributed by atoms with E-state index >= 15 is 0 Å². The van der Waals surface area contributed by atoms with Crippen LogP contribution in [-0.4, -0.2) is 48.4 Å². The first-order valence-corrected chi connectivity index (χ1v) is 13.0. The molecule has 1 heterocycles. The second-order valence-corrected chi connectivity index (χ2v) is 10.9. The zero-order chi connectivity index (χ0) is 24.3. The van der Waals surface area contributed by atoms with E-state index in [1.807, 2.05) is 0 Å². The largest absolute Gasteiger partial charge is 0.322 e. The number of carbonyl (C=O) groups excluding carboxylic acids is 3. The summed E-state index contributed by atoms with van der Waals surface area (Å²) in [6.07, 6.45) is 5.49. The molecule has 3 amide bonds. The van der Waals surface area contributed by atoms with E-state index in [4.69, 9.17) is 0 Å². The topological polar surface area (TPSA) is 104 Å². The Hall–Kier alpha value is -3.04. The van der Waals surface area contributed by atoms with Gasteiger partial charge in [-0.25, -0.2) is 8.42 Å². The average Bonchev–Trinajstić information content (AvgIpc) is 3.17. The molecule has 0 atom stereocenters. The maximum atomic E-state index is 13.0. The fraction of sp³-hybridized carbons (Fsp3) is 0.400. The average molecular weight is 484 g/mol. The molecule has 34 heavy (non-hydrogen) atoms. The Kier molecular flexibility index (Phi) is 7.13. The second-order valence-electron chi connectivity index (χ2n) is 8.86. The number of hydrogen-bond donors (Lipinski definition) is 1. The minimum Gasteiger partial charge on any atom is -0.322 e. The molecule has 2 aromatic rings. The maximum absolute atomic E-state index is 13.0. The van der Waals surface area contributed by atoms with Gasteiger partial charge in [-0.3, -0.25) is 19.3 Å². The van der Waals surface area contributed by atoms with Crippen molar-refractivity contribution in [3.05, 3.63) is 59.7 Å². The normalized spacial score (nSPS) is 17.4. The van der Waals surface area contributed by atoms with Crippen molar-refractivity contribution in [2.24, 2.45) is 0 Å². The van der Waals surface area contributed by atoms with Crippen molar-refractivity contribution in [1.82, 2.24) is 9.21 Å². The summed E-state index contributed by atoms with van der Waals surface area (Å²) >= 11 is 0. The van der Waals surface area contributed by atoms with Crippen molar-refractivity contribution in [2.45, 2.75) is 62.4 Å². The highest BCUT2D eigenvalue weighted by Crippen LogP contribution is 2.26. The summed E-state index contributed by atoms with van der Waals surface area (Å²) in [6.45, 7) is 0.219. The molecule has 2 aromatic carbocycles. The van der Waals surface area contributed by atoms with Crippen molar-refractivity contribution in [3.63, 3.8) is 0 Å². The van der Waals surface area contributed by atoms with Gasteiger partial charge in [-0.05, 0) is 54.8 Å². The van der Waals surface area contributed by atoms with Crippen LogP contribution >= 0.6 is 0 Å². The Morgan fingerprint density at radius 2 is 1.53 bits per heavy atom. The Balaban J connectivity index is 1.38. The molecule has 0 bridgehead atoms. The zero-order valence-electron chi connectivity index (χ0n) is 19.2. The third-order valence-corrected chi connectivity index (χ3v) is 8.51. The van der Waals surface area contributed by atoms with E-state index in [1.54, 1.807) is 31.3 Å². The first-order valence-electron chi connectivity index (χ1n) is 11.6. The highest BCUT2D eigenvalue weighted by molar-refractivity contribution is 7.89. The van der Waals surface area contributed by atoms with Gasteiger partial charge in [0.1, 0.15) is 0 Å². The van der Waals surface area contributed by atoms with Crippen molar-refractivity contribution < 1.29 is 22.8 Å². The number of sulfonamides is 1. The highest BCUT2D eigenvalue weighted by atomic mass is 32.2. The van der Waals surface area contributed by atoms with Gasteiger partial charge in [-0.1, -0.05) is 31.4 Å². The van der Waals surface area contributed by atoms with Crippen LogP contribution in [0.5, 0.6) is 0 Å². The van der Waals surface area contributed by atoms with E-state index < -0.39 is 10.0 Å². The second kappa shape index (κ2) is 10.1. The lowest BCUT2D eigenvalue weighted by Gasteiger charge is -2.30. The van der Waals surface area contributed by atoms with Crippen LogP contribution in [0.2, 0.25) is 0 Å². The van der Waals surface area contributed by atoms with Crippen molar-refractivity contribution >= 4 is 33.4 Å². The molecule has 2 aliphatic rings. The van der Waals surface area contributed by atoms with Gasteiger partial charge < -0.3 is 5.32 Å². The van der Waals surface area contributed by atoms with E-state index in [1.165, 1.54) is 33.5 Å². The zero-order valence-corrected chi connectivity index (χ0v) is 20.0. The van der Waals surface area contributed by atoms with Crippen LogP contribution in [0.3, 0.4) is 0 Å². The van der Waals surface area contributed by atoms with Crippen LogP contribution in [0.4, 0.5) is 5.69 Å². The number of hydrogen-bond acceptors (Lipinski definition) is 5. The molecule has 1 saturated carbocycles. The minimum absolute atomic E-state index is 0.0198. The molecule has 8 nitrogen and oxygen atoms in total. The van der Waals surface area contributed by atoms with Crippen LogP contribution in [0, 0.1) is 0 Å². The van der Waals surface area contributed by atoms with E-state index in [0.29, 0.717) is 11.3 Å². The van der Waals surface area contributed by atoms with E-state index in [0.717, 1.165) is 37.7 Å². The third kappa shape index (κ3) is 5.20. The first kappa shape index (κ1) is 24.1. The predicted molar refractivity (Wildman–Crippen MR) is 127 cm³/mol. The monoisotopic (exact) mass is 483 g/mol. The molecule has 1 saturated heterocycles. The van der Waals surface area contributed by atoms with Gasteiger partial charge in [0.2, 0.25) is 21.8 Å².